The van der Waals surface area contributed by atoms with Crippen LogP contribution in [0.5, 0.6) is 0 Å². The topological polar surface area (TPSA) is 9.23 Å². The van der Waals surface area contributed by atoms with Gasteiger partial charge < -0.3 is 4.74 Å². The van der Waals surface area contributed by atoms with Gasteiger partial charge >= 0.3 is 0 Å². The third kappa shape index (κ3) is 2.08. The maximum absolute atomic E-state index is 5.34. The molecule has 0 saturated heterocycles. The van der Waals surface area contributed by atoms with Gasteiger partial charge in [-0.1, -0.05) is 0 Å². The van der Waals surface area contributed by atoms with E-state index in [0.29, 0.717) is 0 Å². The van der Waals surface area contributed by atoms with Crippen molar-refractivity contribution in [1.29, 1.82) is 0 Å². The van der Waals surface area contributed by atoms with Crippen LogP contribution < -0.4 is 0 Å². The molecule has 0 saturated carbocycles. The van der Waals surface area contributed by atoms with Gasteiger partial charge in [-0.05, 0) is 32.3 Å². The van der Waals surface area contributed by atoms with Crippen molar-refractivity contribution in [3.05, 3.63) is 11.8 Å². The fourth-order valence-corrected chi connectivity index (χ4v) is 1.13. The maximum atomic E-state index is 5.34. The summed E-state index contributed by atoms with van der Waals surface area (Å²) >= 11 is 0. The predicted molar refractivity (Wildman–Crippen MR) is 38.2 cm³/mol. The average Bonchev–Trinajstić information content (AvgIpc) is 1.91. The molecule has 1 rings (SSSR count). The highest BCUT2D eigenvalue weighted by molar-refractivity contribution is 4.96. The predicted octanol–water partition coefficient (Wildman–Crippen LogP) is 2.48. The van der Waals surface area contributed by atoms with Crippen molar-refractivity contribution in [2.75, 3.05) is 6.61 Å². The molecule has 0 N–H and O–H groups in total. The quantitative estimate of drug-likeness (QED) is 0.552. The number of ether oxygens (including phenoxy) is 1. The Morgan fingerprint density at radius 1 is 1.56 bits per heavy atom. The molecule has 1 heteroatoms. The van der Waals surface area contributed by atoms with E-state index in [1.165, 1.54) is 25.0 Å². The minimum absolute atomic E-state index is 0.825. The molecule has 0 radical (unpaired) electrons. The van der Waals surface area contributed by atoms with E-state index in [1.54, 1.807) is 0 Å². The molecular weight excluding hydrogens is 112 g/mol. The van der Waals surface area contributed by atoms with Crippen LogP contribution in [0.15, 0.2) is 11.8 Å². The van der Waals surface area contributed by atoms with Crippen LogP contribution in [-0.4, -0.2) is 6.61 Å². The summed E-state index contributed by atoms with van der Waals surface area (Å²) in [6.45, 7) is 2.86. The van der Waals surface area contributed by atoms with Crippen LogP contribution in [0.1, 0.15) is 32.6 Å². The molecule has 9 heavy (non-hydrogen) atoms. The van der Waals surface area contributed by atoms with Gasteiger partial charge in [0.1, 0.15) is 0 Å². The molecule has 1 nitrogen and oxygen atoms in total. The van der Waals surface area contributed by atoms with Crippen molar-refractivity contribution in [3.8, 4) is 0 Å². The summed E-state index contributed by atoms with van der Waals surface area (Å²) in [5, 5.41) is 0. The molecule has 0 fully saturated rings. The molecule has 52 valence electrons. The van der Waals surface area contributed by atoms with Gasteiger partial charge in [0.2, 0.25) is 0 Å². The Morgan fingerprint density at radius 3 is 3.00 bits per heavy atom. The van der Waals surface area contributed by atoms with Crippen molar-refractivity contribution in [2.45, 2.75) is 32.6 Å². The lowest BCUT2D eigenvalue weighted by molar-refractivity contribution is 0.211. The Kier molecular flexibility index (Phi) is 2.62. The molecule has 0 atom stereocenters. The third-order valence-corrected chi connectivity index (χ3v) is 1.58. The minimum Gasteiger partial charge on any atom is -0.499 e. The number of rotatable bonds is 2. The second-order valence-electron chi connectivity index (χ2n) is 2.35. The number of allylic oxidation sites excluding steroid dienone is 2. The summed E-state index contributed by atoms with van der Waals surface area (Å²) in [5.41, 5.74) is 0. The zero-order valence-corrected chi connectivity index (χ0v) is 6.02. The van der Waals surface area contributed by atoms with Crippen molar-refractivity contribution >= 4 is 0 Å². The highest BCUT2D eigenvalue weighted by Gasteiger charge is 2.01. The summed E-state index contributed by atoms with van der Waals surface area (Å²) in [5.74, 6) is 1.21. The van der Waals surface area contributed by atoms with Crippen molar-refractivity contribution in [3.63, 3.8) is 0 Å². The Bertz CT molecular complexity index is 105. The molecule has 0 aliphatic heterocycles. The Morgan fingerprint density at radius 2 is 2.44 bits per heavy atom. The SMILES string of the molecule is CCOC1=CCCCC1. The minimum atomic E-state index is 0.825. The fraction of sp³-hybridized carbons (Fsp3) is 0.750. The van der Waals surface area contributed by atoms with Gasteiger partial charge in [-0.25, -0.2) is 0 Å². The third-order valence-electron chi connectivity index (χ3n) is 1.58. The van der Waals surface area contributed by atoms with Gasteiger partial charge in [-0.3, -0.25) is 0 Å². The zero-order valence-electron chi connectivity index (χ0n) is 6.02. The molecule has 0 aromatic carbocycles. The Hall–Kier alpha value is -0.460. The van der Waals surface area contributed by atoms with E-state index < -0.39 is 0 Å². The molecule has 1 aliphatic rings. The second kappa shape index (κ2) is 3.54. The van der Waals surface area contributed by atoms with Crippen LogP contribution in [0.25, 0.3) is 0 Å². The maximum Gasteiger partial charge on any atom is 0.0919 e. The summed E-state index contributed by atoms with van der Waals surface area (Å²) in [6.07, 6.45) is 7.25. The normalized spacial score (nSPS) is 19.0. The van der Waals surface area contributed by atoms with Crippen LogP contribution in [0.3, 0.4) is 0 Å². The highest BCUT2D eigenvalue weighted by atomic mass is 16.5. The molecule has 0 bridgehead atoms. The van der Waals surface area contributed by atoms with Crippen LogP contribution in [-0.2, 0) is 4.74 Å². The zero-order chi connectivity index (χ0) is 6.53. The second-order valence-corrected chi connectivity index (χ2v) is 2.35. The average molecular weight is 126 g/mol. The van der Waals surface area contributed by atoms with E-state index in [0.717, 1.165) is 13.0 Å². The molecule has 1 aliphatic carbocycles. The highest BCUT2D eigenvalue weighted by Crippen LogP contribution is 2.17. The van der Waals surface area contributed by atoms with Crippen LogP contribution in [0.2, 0.25) is 0 Å². The van der Waals surface area contributed by atoms with Crippen molar-refractivity contribution in [1.82, 2.24) is 0 Å². The van der Waals surface area contributed by atoms with E-state index in [2.05, 4.69) is 6.08 Å². The summed E-state index contributed by atoms with van der Waals surface area (Å²) < 4.78 is 5.34. The van der Waals surface area contributed by atoms with E-state index in [9.17, 15) is 0 Å². The lowest BCUT2D eigenvalue weighted by atomic mass is 10.1. The molecule has 0 spiro atoms. The van der Waals surface area contributed by atoms with E-state index in [4.69, 9.17) is 4.74 Å². The summed E-state index contributed by atoms with van der Waals surface area (Å²) in [4.78, 5) is 0. The molecule has 0 unspecified atom stereocenters. The van der Waals surface area contributed by atoms with Crippen molar-refractivity contribution in [2.24, 2.45) is 0 Å². The molecule has 0 heterocycles. The number of hydrogen-bond acceptors (Lipinski definition) is 1. The lowest BCUT2D eigenvalue weighted by Crippen LogP contribution is -1.96. The first-order chi connectivity index (χ1) is 4.43. The fourth-order valence-electron chi connectivity index (χ4n) is 1.13. The van der Waals surface area contributed by atoms with Crippen LogP contribution in [0, 0.1) is 0 Å². The molecule has 0 aromatic heterocycles. The smallest absolute Gasteiger partial charge is 0.0919 e. The lowest BCUT2D eigenvalue weighted by Gasteiger charge is -2.11. The van der Waals surface area contributed by atoms with Crippen LogP contribution >= 0.6 is 0 Å². The van der Waals surface area contributed by atoms with E-state index in [1.807, 2.05) is 6.92 Å². The van der Waals surface area contributed by atoms with E-state index >= 15 is 0 Å². The molecular formula is C8H14O. The number of hydrogen-bond donors (Lipinski definition) is 0. The van der Waals surface area contributed by atoms with E-state index in [-0.39, 0.29) is 0 Å². The first-order valence-electron chi connectivity index (χ1n) is 3.75. The Balaban J connectivity index is 2.28. The molecule has 0 aromatic rings. The van der Waals surface area contributed by atoms with Gasteiger partial charge in [0, 0.05) is 6.42 Å². The van der Waals surface area contributed by atoms with Crippen LogP contribution in [0.4, 0.5) is 0 Å². The first-order valence-corrected chi connectivity index (χ1v) is 3.75. The Labute approximate surface area is 56.7 Å². The van der Waals surface area contributed by atoms with Gasteiger partial charge in [0.25, 0.3) is 0 Å². The molecule has 0 amide bonds. The van der Waals surface area contributed by atoms with Gasteiger partial charge in [0.05, 0.1) is 12.4 Å². The van der Waals surface area contributed by atoms with Crippen molar-refractivity contribution < 1.29 is 4.74 Å². The summed E-state index contributed by atoms with van der Waals surface area (Å²) in [7, 11) is 0. The summed E-state index contributed by atoms with van der Waals surface area (Å²) in [6, 6.07) is 0. The largest absolute Gasteiger partial charge is 0.499 e. The van der Waals surface area contributed by atoms with Gasteiger partial charge in [-0.15, -0.1) is 0 Å². The van der Waals surface area contributed by atoms with Gasteiger partial charge in [-0.2, -0.15) is 0 Å². The first kappa shape index (κ1) is 6.66. The monoisotopic (exact) mass is 126 g/mol. The standard InChI is InChI=1S/C8H14O/c1-2-9-8-6-4-3-5-7-8/h6H,2-5,7H2,1H3. The van der Waals surface area contributed by atoms with Gasteiger partial charge in [0.15, 0.2) is 0 Å².